The molecule has 166 valence electrons. The summed E-state index contributed by atoms with van der Waals surface area (Å²) in [6.45, 7) is 2.46. The summed E-state index contributed by atoms with van der Waals surface area (Å²) in [7, 11) is 0. The molecule has 0 saturated heterocycles. The number of amides is 2. The van der Waals surface area contributed by atoms with E-state index in [-0.39, 0.29) is 24.3 Å². The lowest BCUT2D eigenvalue weighted by molar-refractivity contribution is -0.123. The SMILES string of the molecule is C[C@@H](NC[C@@H](c1ccccc1)c1c[nH]c2ccccc12)C(=O)N1CC(=O)Nc2ccccc21. The highest BCUT2D eigenvalue weighted by atomic mass is 16.2. The summed E-state index contributed by atoms with van der Waals surface area (Å²) in [6.07, 6.45) is 2.06. The van der Waals surface area contributed by atoms with Crippen molar-refractivity contribution in [3.05, 3.63) is 96.2 Å². The number of fused-ring (bicyclic) bond motifs is 2. The number of rotatable bonds is 6. The monoisotopic (exact) mass is 438 g/mol. The first-order valence-corrected chi connectivity index (χ1v) is 11.2. The van der Waals surface area contributed by atoms with E-state index in [2.05, 4.69) is 46.1 Å². The molecule has 5 rings (SSSR count). The molecule has 0 fully saturated rings. The standard InChI is InChI=1S/C27H26N4O2/c1-18(27(33)31-17-26(32)30-24-13-7-8-14-25(24)31)28-15-21(19-9-3-2-4-10-19)22-16-29-23-12-6-5-11-20(22)23/h2-14,16,18,21,28-29H,15,17H2,1H3,(H,30,32)/t18-,21+/m1/s1. The largest absolute Gasteiger partial charge is 0.361 e. The molecule has 0 spiro atoms. The lowest BCUT2D eigenvalue weighted by Gasteiger charge is -2.31. The van der Waals surface area contributed by atoms with Crippen LogP contribution in [0.2, 0.25) is 0 Å². The van der Waals surface area contributed by atoms with Crippen LogP contribution in [0, 0.1) is 0 Å². The van der Waals surface area contributed by atoms with Crippen molar-refractivity contribution < 1.29 is 9.59 Å². The molecule has 2 heterocycles. The van der Waals surface area contributed by atoms with Crippen LogP contribution in [0.4, 0.5) is 11.4 Å². The van der Waals surface area contributed by atoms with Gasteiger partial charge in [-0.25, -0.2) is 0 Å². The number of benzene rings is 3. The number of carbonyl (C=O) groups excluding carboxylic acids is 2. The topological polar surface area (TPSA) is 77.2 Å². The predicted molar refractivity (Wildman–Crippen MR) is 131 cm³/mol. The second kappa shape index (κ2) is 8.92. The molecule has 2 atom stereocenters. The van der Waals surface area contributed by atoms with Crippen molar-refractivity contribution in [2.24, 2.45) is 0 Å². The highest BCUT2D eigenvalue weighted by Gasteiger charge is 2.30. The molecule has 0 aliphatic carbocycles. The van der Waals surface area contributed by atoms with Gasteiger partial charge >= 0.3 is 0 Å². The van der Waals surface area contributed by atoms with Crippen molar-refractivity contribution in [2.75, 3.05) is 23.3 Å². The third-order valence-corrected chi connectivity index (χ3v) is 6.23. The van der Waals surface area contributed by atoms with Crippen LogP contribution in [0.5, 0.6) is 0 Å². The Hall–Kier alpha value is -3.90. The van der Waals surface area contributed by atoms with Gasteiger partial charge in [0.05, 0.1) is 17.4 Å². The first kappa shape index (κ1) is 21.0. The van der Waals surface area contributed by atoms with Gasteiger partial charge in [0, 0.05) is 29.6 Å². The summed E-state index contributed by atoms with van der Waals surface area (Å²) < 4.78 is 0. The highest BCUT2D eigenvalue weighted by molar-refractivity contribution is 6.11. The van der Waals surface area contributed by atoms with Gasteiger partial charge in [-0.2, -0.15) is 0 Å². The minimum Gasteiger partial charge on any atom is -0.361 e. The van der Waals surface area contributed by atoms with Gasteiger partial charge < -0.3 is 15.6 Å². The van der Waals surface area contributed by atoms with E-state index in [9.17, 15) is 9.59 Å². The quantitative estimate of drug-likeness (QED) is 0.421. The lowest BCUT2D eigenvalue weighted by atomic mass is 9.90. The van der Waals surface area contributed by atoms with Crippen LogP contribution in [-0.2, 0) is 9.59 Å². The van der Waals surface area contributed by atoms with E-state index in [1.807, 2.05) is 61.5 Å². The Labute approximate surface area is 192 Å². The van der Waals surface area contributed by atoms with Crippen LogP contribution in [0.25, 0.3) is 10.9 Å². The zero-order chi connectivity index (χ0) is 22.8. The number of H-pyrrole nitrogens is 1. The average molecular weight is 439 g/mol. The van der Waals surface area contributed by atoms with Crippen LogP contribution in [0.15, 0.2) is 85.1 Å². The molecule has 33 heavy (non-hydrogen) atoms. The molecular weight excluding hydrogens is 412 g/mol. The van der Waals surface area contributed by atoms with Gasteiger partial charge in [0.25, 0.3) is 0 Å². The van der Waals surface area contributed by atoms with E-state index >= 15 is 0 Å². The van der Waals surface area contributed by atoms with Gasteiger partial charge in [-0.05, 0) is 36.2 Å². The smallest absolute Gasteiger partial charge is 0.244 e. The Bertz CT molecular complexity index is 1300. The average Bonchev–Trinajstić information content (AvgIpc) is 3.28. The van der Waals surface area contributed by atoms with Crippen LogP contribution in [0.3, 0.4) is 0 Å². The van der Waals surface area contributed by atoms with Crippen LogP contribution < -0.4 is 15.5 Å². The Morgan fingerprint density at radius 1 is 1.00 bits per heavy atom. The number of nitrogens with one attached hydrogen (secondary N) is 3. The molecule has 0 radical (unpaired) electrons. The Morgan fingerprint density at radius 2 is 1.73 bits per heavy atom. The Kier molecular flexibility index (Phi) is 5.67. The zero-order valence-corrected chi connectivity index (χ0v) is 18.4. The number of hydrogen-bond donors (Lipinski definition) is 3. The summed E-state index contributed by atoms with van der Waals surface area (Å²) in [5.74, 6) is -0.243. The molecule has 3 N–H and O–H groups in total. The minimum absolute atomic E-state index is 0.0203. The normalized spacial score (nSPS) is 15.1. The number of aromatic nitrogens is 1. The van der Waals surface area contributed by atoms with Crippen LogP contribution in [0.1, 0.15) is 24.0 Å². The van der Waals surface area contributed by atoms with Crippen LogP contribution in [-0.4, -0.2) is 35.9 Å². The summed E-state index contributed by atoms with van der Waals surface area (Å²) in [6, 6.07) is 25.5. The van der Waals surface area contributed by atoms with Gasteiger partial charge in [-0.15, -0.1) is 0 Å². The van der Waals surface area contributed by atoms with Crippen molar-refractivity contribution >= 4 is 34.1 Å². The number of para-hydroxylation sites is 3. The molecule has 0 unspecified atom stereocenters. The van der Waals surface area contributed by atoms with Crippen molar-refractivity contribution in [1.82, 2.24) is 10.3 Å². The summed E-state index contributed by atoms with van der Waals surface area (Å²) in [4.78, 5) is 30.4. The third kappa shape index (κ3) is 4.13. The fraction of sp³-hybridized carbons (Fsp3) is 0.185. The molecule has 4 aromatic rings. The fourth-order valence-corrected chi connectivity index (χ4v) is 4.52. The third-order valence-electron chi connectivity index (χ3n) is 6.23. The van der Waals surface area contributed by atoms with E-state index in [4.69, 9.17) is 0 Å². The maximum atomic E-state index is 13.3. The molecule has 3 aromatic carbocycles. The number of anilines is 2. The summed E-state index contributed by atoms with van der Waals surface area (Å²) in [5, 5.41) is 7.45. The van der Waals surface area contributed by atoms with Gasteiger partial charge in [0.2, 0.25) is 11.8 Å². The second-order valence-electron chi connectivity index (χ2n) is 8.37. The zero-order valence-electron chi connectivity index (χ0n) is 18.4. The van der Waals surface area contributed by atoms with Gasteiger partial charge in [0.15, 0.2) is 0 Å². The second-order valence-corrected chi connectivity index (χ2v) is 8.37. The molecule has 1 aliphatic heterocycles. The van der Waals surface area contributed by atoms with E-state index in [1.54, 1.807) is 4.90 Å². The maximum absolute atomic E-state index is 13.3. The number of hydrogen-bond acceptors (Lipinski definition) is 3. The number of aromatic amines is 1. The van der Waals surface area contributed by atoms with Gasteiger partial charge in [-0.3, -0.25) is 14.5 Å². The molecule has 1 aromatic heterocycles. The molecule has 2 amide bonds. The van der Waals surface area contributed by atoms with Gasteiger partial charge in [-0.1, -0.05) is 60.7 Å². The fourth-order valence-electron chi connectivity index (χ4n) is 4.52. The van der Waals surface area contributed by atoms with E-state index < -0.39 is 6.04 Å². The van der Waals surface area contributed by atoms with Gasteiger partial charge in [0.1, 0.15) is 6.54 Å². The molecule has 0 saturated carbocycles. The minimum atomic E-state index is -0.458. The van der Waals surface area contributed by atoms with Crippen molar-refractivity contribution in [3.63, 3.8) is 0 Å². The molecule has 6 heteroatoms. The Balaban J connectivity index is 1.39. The van der Waals surface area contributed by atoms with E-state index in [0.29, 0.717) is 12.2 Å². The first-order valence-electron chi connectivity index (χ1n) is 11.2. The molecular formula is C27H26N4O2. The van der Waals surface area contributed by atoms with Crippen molar-refractivity contribution in [1.29, 1.82) is 0 Å². The summed E-state index contributed by atoms with van der Waals surface area (Å²) in [5.41, 5.74) is 4.85. The summed E-state index contributed by atoms with van der Waals surface area (Å²) >= 11 is 0. The van der Waals surface area contributed by atoms with Crippen LogP contribution >= 0.6 is 0 Å². The highest BCUT2D eigenvalue weighted by Crippen LogP contribution is 2.31. The molecule has 0 bridgehead atoms. The molecule has 1 aliphatic rings. The van der Waals surface area contributed by atoms with E-state index in [1.165, 1.54) is 16.5 Å². The van der Waals surface area contributed by atoms with Crippen molar-refractivity contribution in [3.8, 4) is 0 Å². The Morgan fingerprint density at radius 3 is 2.58 bits per heavy atom. The van der Waals surface area contributed by atoms with E-state index in [0.717, 1.165) is 11.2 Å². The number of carbonyl (C=O) groups is 2. The van der Waals surface area contributed by atoms with Crippen molar-refractivity contribution in [2.45, 2.75) is 18.9 Å². The lowest BCUT2D eigenvalue weighted by Crippen LogP contribution is -2.50. The molecule has 6 nitrogen and oxygen atoms in total. The maximum Gasteiger partial charge on any atom is 0.244 e. The number of nitrogens with zero attached hydrogens (tertiary/aromatic N) is 1. The predicted octanol–water partition coefficient (Wildman–Crippen LogP) is 4.26. The first-order chi connectivity index (χ1) is 16.1.